The van der Waals surface area contributed by atoms with Crippen molar-refractivity contribution in [3.63, 3.8) is 0 Å². The molecule has 40 heavy (non-hydrogen) atoms. The van der Waals surface area contributed by atoms with E-state index in [1.807, 2.05) is 0 Å². The Morgan fingerprint density at radius 1 is 0.700 bits per heavy atom. The van der Waals surface area contributed by atoms with E-state index in [0.29, 0.717) is 11.5 Å². The van der Waals surface area contributed by atoms with Gasteiger partial charge in [-0.15, -0.1) is 0 Å². The lowest BCUT2D eigenvalue weighted by Crippen LogP contribution is -2.15. The van der Waals surface area contributed by atoms with Gasteiger partial charge in [-0.3, -0.25) is 0 Å². The zero-order chi connectivity index (χ0) is 28.5. The highest BCUT2D eigenvalue weighted by Crippen LogP contribution is 2.41. The molecule has 2 aliphatic carbocycles. The van der Waals surface area contributed by atoms with Crippen LogP contribution in [0.3, 0.4) is 0 Å². The van der Waals surface area contributed by atoms with Gasteiger partial charge in [-0.25, -0.2) is 13.2 Å². The Hall–Kier alpha value is -2.56. The van der Waals surface area contributed by atoms with E-state index in [0.717, 1.165) is 50.4 Å². The summed E-state index contributed by atoms with van der Waals surface area (Å²) in [5.74, 6) is -2.58. The second-order valence-electron chi connectivity index (χ2n) is 11.7. The fourth-order valence-electron chi connectivity index (χ4n) is 6.65. The largest absolute Gasteiger partial charge is 0.491 e. The minimum absolute atomic E-state index is 0.0553. The third-order valence-corrected chi connectivity index (χ3v) is 9.05. The summed E-state index contributed by atoms with van der Waals surface area (Å²) in [5.41, 5.74) is -0.242. The fourth-order valence-corrected chi connectivity index (χ4v) is 6.65. The van der Waals surface area contributed by atoms with Crippen LogP contribution in [0.4, 0.5) is 17.6 Å². The first-order valence-electron chi connectivity index (χ1n) is 15.3. The van der Waals surface area contributed by atoms with E-state index in [9.17, 15) is 8.78 Å². The average Bonchev–Trinajstić information content (AvgIpc) is 2.97. The van der Waals surface area contributed by atoms with Gasteiger partial charge in [0.2, 0.25) is 5.82 Å². The lowest BCUT2D eigenvalue weighted by atomic mass is 9.76. The highest BCUT2D eigenvalue weighted by molar-refractivity contribution is 5.66. The van der Waals surface area contributed by atoms with E-state index in [1.54, 1.807) is 13.0 Å². The van der Waals surface area contributed by atoms with E-state index < -0.39 is 23.3 Å². The monoisotopic (exact) mass is 556 g/mol. The van der Waals surface area contributed by atoms with Crippen LogP contribution in [0.15, 0.2) is 48.6 Å². The first-order chi connectivity index (χ1) is 19.4. The van der Waals surface area contributed by atoms with Crippen LogP contribution in [0, 0.1) is 41.0 Å². The number of benzene rings is 2. The molecule has 0 spiro atoms. The van der Waals surface area contributed by atoms with Crippen LogP contribution in [0.5, 0.6) is 5.75 Å². The van der Waals surface area contributed by atoms with E-state index in [4.69, 9.17) is 4.74 Å². The smallest absolute Gasteiger partial charge is 0.201 e. The Morgan fingerprint density at radius 2 is 1.27 bits per heavy atom. The van der Waals surface area contributed by atoms with Crippen LogP contribution in [-0.4, -0.2) is 6.61 Å². The molecule has 0 amide bonds. The van der Waals surface area contributed by atoms with Gasteiger partial charge in [0, 0.05) is 11.1 Å². The van der Waals surface area contributed by atoms with Crippen molar-refractivity contribution in [2.75, 3.05) is 6.61 Å². The number of allylic oxidation sites excluding steroid dienone is 4. The summed E-state index contributed by atoms with van der Waals surface area (Å²) < 4.78 is 64.3. The van der Waals surface area contributed by atoms with Crippen molar-refractivity contribution in [2.45, 2.75) is 96.8 Å². The van der Waals surface area contributed by atoms with Crippen molar-refractivity contribution in [1.82, 2.24) is 0 Å². The van der Waals surface area contributed by atoms with Crippen LogP contribution < -0.4 is 4.74 Å². The fraction of sp³-hybridized carbons (Fsp3) is 0.543. The highest BCUT2D eigenvalue weighted by atomic mass is 19.2. The molecule has 2 aromatic rings. The summed E-state index contributed by atoms with van der Waals surface area (Å²) in [6.45, 7) is 3.92. The molecule has 5 heteroatoms. The van der Waals surface area contributed by atoms with Crippen molar-refractivity contribution in [1.29, 1.82) is 0 Å². The molecule has 0 bridgehead atoms. The molecule has 0 heterocycles. The molecule has 0 aromatic heterocycles. The van der Waals surface area contributed by atoms with Gasteiger partial charge in [-0.05, 0) is 132 Å². The molecule has 218 valence electrons. The molecule has 1 nitrogen and oxygen atoms in total. The topological polar surface area (TPSA) is 9.23 Å². The Morgan fingerprint density at radius 3 is 1.90 bits per heavy atom. The lowest BCUT2D eigenvalue weighted by molar-refractivity contribution is 0.295. The molecule has 0 atom stereocenters. The molecule has 2 aromatic carbocycles. The van der Waals surface area contributed by atoms with Crippen LogP contribution in [0.25, 0.3) is 11.1 Å². The van der Waals surface area contributed by atoms with E-state index in [2.05, 4.69) is 31.2 Å². The maximum atomic E-state index is 15.2. The summed E-state index contributed by atoms with van der Waals surface area (Å²) >= 11 is 0. The maximum absolute atomic E-state index is 15.2. The predicted molar refractivity (Wildman–Crippen MR) is 155 cm³/mol. The van der Waals surface area contributed by atoms with Gasteiger partial charge >= 0.3 is 0 Å². The number of rotatable bonds is 11. The number of hydrogen-bond donors (Lipinski definition) is 0. The molecule has 2 aliphatic rings. The van der Waals surface area contributed by atoms with E-state index in [1.165, 1.54) is 56.7 Å². The molecule has 2 fully saturated rings. The van der Waals surface area contributed by atoms with Crippen molar-refractivity contribution in [3.8, 4) is 16.9 Å². The Balaban J connectivity index is 1.25. The van der Waals surface area contributed by atoms with Gasteiger partial charge in [0.1, 0.15) is 0 Å². The molecular formula is C35H44F4O. The summed E-state index contributed by atoms with van der Waals surface area (Å²) in [6, 6.07) is 5.40. The third-order valence-electron chi connectivity index (χ3n) is 9.05. The van der Waals surface area contributed by atoms with Gasteiger partial charge in [0.15, 0.2) is 23.2 Å². The standard InChI is InChI=1S/C35H44F4O/c1-3-5-6-9-24-12-14-25(15-13-24)10-7-8-11-26-16-18-27(19-17-26)28-20-21-29(33(37)32(28)36)30-22-23-31(40-4-2)35(39)34(30)38/h3,5,7,10,20-27H,4,6,8-9,11-19H2,1-2H3/b5-3+,10-7+. The minimum atomic E-state index is -1.24. The van der Waals surface area contributed by atoms with Crippen molar-refractivity contribution in [2.24, 2.45) is 17.8 Å². The van der Waals surface area contributed by atoms with E-state index in [-0.39, 0.29) is 29.4 Å². The normalized spacial score (nSPS) is 23.8. The molecule has 0 aliphatic heterocycles. The van der Waals surface area contributed by atoms with Crippen LogP contribution in [0.2, 0.25) is 0 Å². The summed E-state index contributed by atoms with van der Waals surface area (Å²) in [5, 5.41) is 0. The third kappa shape index (κ3) is 7.59. The van der Waals surface area contributed by atoms with Crippen molar-refractivity contribution < 1.29 is 22.3 Å². The summed E-state index contributed by atoms with van der Waals surface area (Å²) in [4.78, 5) is 0. The number of hydrogen-bond acceptors (Lipinski definition) is 1. The van der Waals surface area contributed by atoms with Crippen LogP contribution in [-0.2, 0) is 0 Å². The lowest BCUT2D eigenvalue weighted by Gasteiger charge is -2.29. The Bertz CT molecular complexity index is 1150. The zero-order valence-electron chi connectivity index (χ0n) is 24.0. The molecule has 0 unspecified atom stereocenters. The molecular weight excluding hydrogens is 512 g/mol. The molecule has 4 rings (SSSR count). The maximum Gasteiger partial charge on any atom is 0.201 e. The molecule has 0 saturated heterocycles. The van der Waals surface area contributed by atoms with Crippen LogP contribution >= 0.6 is 0 Å². The van der Waals surface area contributed by atoms with E-state index >= 15 is 8.78 Å². The SMILES string of the molecule is C/C=C/CCC1CCC(/C=C/CCC2CCC(c3ccc(-c4ccc(OCC)c(F)c4F)c(F)c3F)CC2)CC1. The Labute approximate surface area is 237 Å². The number of halogens is 4. The second kappa shape index (κ2) is 14.9. The minimum Gasteiger partial charge on any atom is -0.491 e. The Kier molecular flexibility index (Phi) is 11.3. The van der Waals surface area contributed by atoms with Gasteiger partial charge in [-0.1, -0.05) is 36.4 Å². The summed E-state index contributed by atoms with van der Waals surface area (Å²) in [7, 11) is 0. The average molecular weight is 557 g/mol. The highest BCUT2D eigenvalue weighted by Gasteiger charge is 2.27. The molecule has 0 radical (unpaired) electrons. The summed E-state index contributed by atoms with van der Waals surface area (Å²) in [6.07, 6.45) is 22.9. The first kappa shape index (κ1) is 30.4. The predicted octanol–water partition coefficient (Wildman–Crippen LogP) is 11.1. The molecule has 2 saturated carbocycles. The molecule has 0 N–H and O–H groups in total. The van der Waals surface area contributed by atoms with Gasteiger partial charge < -0.3 is 4.74 Å². The quantitative estimate of drug-likeness (QED) is 0.198. The van der Waals surface area contributed by atoms with Gasteiger partial charge in [0.25, 0.3) is 0 Å². The number of ether oxygens (including phenoxy) is 1. The second-order valence-corrected chi connectivity index (χ2v) is 11.7. The van der Waals surface area contributed by atoms with Crippen LogP contribution in [0.1, 0.15) is 102 Å². The van der Waals surface area contributed by atoms with Crippen molar-refractivity contribution in [3.05, 3.63) is 77.4 Å². The first-order valence-corrected chi connectivity index (χ1v) is 15.3. The van der Waals surface area contributed by atoms with Crippen molar-refractivity contribution >= 4 is 0 Å². The van der Waals surface area contributed by atoms with Gasteiger partial charge in [-0.2, -0.15) is 4.39 Å². The van der Waals surface area contributed by atoms with Gasteiger partial charge in [0.05, 0.1) is 6.61 Å². The zero-order valence-corrected chi connectivity index (χ0v) is 24.0.